The Morgan fingerprint density at radius 3 is 2.77 bits per heavy atom. The highest BCUT2D eigenvalue weighted by atomic mass is 16.5. The maximum absolute atomic E-state index is 11.9. The van der Waals surface area contributed by atoms with Gasteiger partial charge in [-0.25, -0.2) is 9.59 Å². The summed E-state index contributed by atoms with van der Waals surface area (Å²) in [5.41, 5.74) is 1.53. The zero-order chi connectivity index (χ0) is 18.5. The molecule has 7 nitrogen and oxygen atoms in total. The maximum Gasteiger partial charge on any atom is 0.331 e. The Labute approximate surface area is 150 Å². The van der Waals surface area contributed by atoms with Crippen molar-refractivity contribution in [3.05, 3.63) is 48.2 Å². The van der Waals surface area contributed by atoms with Gasteiger partial charge in [-0.2, -0.15) is 0 Å². The largest absolute Gasteiger partial charge is 0.449 e. The lowest BCUT2D eigenvalue weighted by Crippen LogP contribution is -2.45. The molecule has 134 valence electrons. The molecule has 1 saturated carbocycles. The zero-order valence-electron chi connectivity index (χ0n) is 14.3. The van der Waals surface area contributed by atoms with Crippen LogP contribution in [0, 0.1) is 0 Å². The fourth-order valence-corrected chi connectivity index (χ4v) is 2.35. The molecule has 1 aliphatic carbocycles. The number of rotatable bonds is 5. The highest BCUT2D eigenvalue weighted by Gasteiger charge is 2.25. The van der Waals surface area contributed by atoms with E-state index in [1.54, 1.807) is 12.3 Å². The molecule has 0 bridgehead atoms. The van der Waals surface area contributed by atoms with Crippen molar-refractivity contribution in [2.24, 2.45) is 0 Å². The van der Waals surface area contributed by atoms with Gasteiger partial charge >= 0.3 is 12.0 Å². The molecule has 1 aliphatic rings. The molecule has 1 aromatic carbocycles. The Morgan fingerprint density at radius 2 is 2.00 bits per heavy atom. The zero-order valence-corrected chi connectivity index (χ0v) is 14.3. The van der Waals surface area contributed by atoms with Crippen LogP contribution in [0.4, 0.5) is 4.79 Å². The third-order valence-corrected chi connectivity index (χ3v) is 3.87. The number of pyridine rings is 1. The monoisotopic (exact) mass is 353 g/mol. The first kappa shape index (κ1) is 17.6. The number of nitrogens with one attached hydrogen (secondary N) is 2. The topological polar surface area (TPSA) is 97.4 Å². The van der Waals surface area contributed by atoms with E-state index in [0.717, 1.165) is 29.3 Å². The van der Waals surface area contributed by atoms with E-state index < -0.39 is 24.0 Å². The van der Waals surface area contributed by atoms with Crippen molar-refractivity contribution in [2.45, 2.75) is 31.9 Å². The second-order valence-corrected chi connectivity index (χ2v) is 6.07. The van der Waals surface area contributed by atoms with Crippen LogP contribution in [0.3, 0.4) is 0 Å². The molecule has 0 saturated heterocycles. The Morgan fingerprint density at radius 1 is 1.23 bits per heavy atom. The summed E-state index contributed by atoms with van der Waals surface area (Å²) in [5.74, 6) is -1.35. The van der Waals surface area contributed by atoms with Crippen molar-refractivity contribution < 1.29 is 19.1 Å². The van der Waals surface area contributed by atoms with Gasteiger partial charge in [0.15, 0.2) is 6.10 Å². The third kappa shape index (κ3) is 4.66. The number of imide groups is 1. The summed E-state index contributed by atoms with van der Waals surface area (Å²) < 4.78 is 5.03. The van der Waals surface area contributed by atoms with Crippen LogP contribution in [0.1, 0.15) is 25.3 Å². The molecule has 2 aromatic rings. The number of para-hydroxylation sites is 1. The average molecular weight is 353 g/mol. The molecule has 1 atom stereocenters. The summed E-state index contributed by atoms with van der Waals surface area (Å²) in [4.78, 5) is 39.6. The lowest BCUT2D eigenvalue weighted by molar-refractivity contribution is -0.149. The summed E-state index contributed by atoms with van der Waals surface area (Å²) in [6, 6.07) is 8.95. The molecule has 1 aromatic heterocycles. The van der Waals surface area contributed by atoms with Gasteiger partial charge in [0.2, 0.25) is 0 Å². The van der Waals surface area contributed by atoms with Crippen LogP contribution in [0.2, 0.25) is 0 Å². The lowest BCUT2D eigenvalue weighted by atomic mass is 10.1. The Balaban J connectivity index is 1.56. The van der Waals surface area contributed by atoms with E-state index in [-0.39, 0.29) is 6.04 Å². The van der Waals surface area contributed by atoms with E-state index in [4.69, 9.17) is 4.74 Å². The van der Waals surface area contributed by atoms with Crippen molar-refractivity contribution in [1.29, 1.82) is 0 Å². The predicted octanol–water partition coefficient (Wildman–Crippen LogP) is 2.17. The smallest absolute Gasteiger partial charge is 0.331 e. The molecule has 0 aliphatic heterocycles. The van der Waals surface area contributed by atoms with Crippen LogP contribution >= 0.6 is 0 Å². The molecule has 7 heteroatoms. The SMILES string of the molecule is CC(OC(=O)/C=C/c1cccc2cccnc12)C(=O)NC(=O)NC1CC1. The number of urea groups is 1. The van der Waals surface area contributed by atoms with Gasteiger partial charge in [0.05, 0.1) is 5.52 Å². The number of carbonyl (C=O) groups is 3. The number of esters is 1. The standard InChI is InChI=1S/C19H19N3O4/c1-12(18(24)22-19(25)21-15-8-9-15)26-16(23)10-7-14-5-2-4-13-6-3-11-20-17(13)14/h2-7,10-12,15H,8-9H2,1H3,(H2,21,22,24,25)/b10-7+. The summed E-state index contributed by atoms with van der Waals surface area (Å²) in [5, 5.41) is 5.73. The fourth-order valence-electron chi connectivity index (χ4n) is 2.35. The number of amides is 3. The minimum Gasteiger partial charge on any atom is -0.449 e. The number of nitrogens with zero attached hydrogens (tertiary/aromatic N) is 1. The number of fused-ring (bicyclic) bond motifs is 1. The number of hydrogen-bond acceptors (Lipinski definition) is 5. The van der Waals surface area contributed by atoms with Gasteiger partial charge in [0, 0.05) is 29.3 Å². The number of benzene rings is 1. The lowest BCUT2D eigenvalue weighted by Gasteiger charge is -2.12. The van der Waals surface area contributed by atoms with Gasteiger partial charge in [-0.3, -0.25) is 15.1 Å². The summed E-state index contributed by atoms with van der Waals surface area (Å²) in [6.07, 6.45) is 5.25. The van der Waals surface area contributed by atoms with Gasteiger partial charge in [0.1, 0.15) is 0 Å². The second kappa shape index (κ2) is 7.77. The molecule has 3 rings (SSSR count). The Bertz CT molecular complexity index is 869. The van der Waals surface area contributed by atoms with E-state index in [9.17, 15) is 14.4 Å². The van der Waals surface area contributed by atoms with E-state index >= 15 is 0 Å². The van der Waals surface area contributed by atoms with E-state index in [2.05, 4.69) is 15.6 Å². The molecule has 2 N–H and O–H groups in total. The third-order valence-electron chi connectivity index (χ3n) is 3.87. The van der Waals surface area contributed by atoms with Crippen LogP contribution in [-0.2, 0) is 14.3 Å². The van der Waals surface area contributed by atoms with E-state index in [1.165, 1.54) is 13.0 Å². The molecule has 0 spiro atoms. The van der Waals surface area contributed by atoms with Gasteiger partial charge in [-0.1, -0.05) is 24.3 Å². The molecular weight excluding hydrogens is 334 g/mol. The molecule has 3 amide bonds. The quantitative estimate of drug-likeness (QED) is 0.634. The number of carbonyl (C=O) groups excluding carboxylic acids is 3. The van der Waals surface area contributed by atoms with Gasteiger partial charge in [-0.15, -0.1) is 0 Å². The van der Waals surface area contributed by atoms with Crippen LogP contribution in [0.15, 0.2) is 42.6 Å². The predicted molar refractivity (Wildman–Crippen MR) is 96.0 cm³/mol. The first-order chi connectivity index (χ1) is 12.5. The van der Waals surface area contributed by atoms with Gasteiger partial charge < -0.3 is 10.1 Å². The molecule has 1 heterocycles. The highest BCUT2D eigenvalue weighted by molar-refractivity contribution is 5.98. The normalized spacial score (nSPS) is 14.8. The molecular formula is C19H19N3O4. The van der Waals surface area contributed by atoms with Crippen LogP contribution in [-0.4, -0.2) is 35.0 Å². The van der Waals surface area contributed by atoms with Crippen molar-refractivity contribution in [2.75, 3.05) is 0 Å². The van der Waals surface area contributed by atoms with Gasteiger partial charge in [-0.05, 0) is 31.9 Å². The molecule has 1 fully saturated rings. The number of ether oxygens (including phenoxy) is 1. The Hall–Kier alpha value is -3.22. The number of aromatic nitrogens is 1. The second-order valence-electron chi connectivity index (χ2n) is 6.07. The van der Waals surface area contributed by atoms with E-state index in [0.29, 0.717) is 0 Å². The van der Waals surface area contributed by atoms with Crippen molar-refractivity contribution in [3.8, 4) is 0 Å². The molecule has 26 heavy (non-hydrogen) atoms. The van der Waals surface area contributed by atoms with Crippen LogP contribution < -0.4 is 10.6 Å². The Kier molecular flexibility index (Phi) is 5.26. The minimum absolute atomic E-state index is 0.137. The van der Waals surface area contributed by atoms with Gasteiger partial charge in [0.25, 0.3) is 5.91 Å². The minimum atomic E-state index is -1.08. The molecule has 1 unspecified atom stereocenters. The number of hydrogen-bond donors (Lipinski definition) is 2. The average Bonchev–Trinajstić information content (AvgIpc) is 3.43. The molecule has 0 radical (unpaired) electrons. The van der Waals surface area contributed by atoms with Crippen molar-refractivity contribution >= 4 is 34.9 Å². The van der Waals surface area contributed by atoms with Crippen molar-refractivity contribution in [3.63, 3.8) is 0 Å². The highest BCUT2D eigenvalue weighted by Crippen LogP contribution is 2.18. The summed E-state index contributed by atoms with van der Waals surface area (Å²) >= 11 is 0. The van der Waals surface area contributed by atoms with Crippen LogP contribution in [0.25, 0.3) is 17.0 Å². The van der Waals surface area contributed by atoms with Crippen molar-refractivity contribution in [1.82, 2.24) is 15.6 Å². The van der Waals surface area contributed by atoms with E-state index in [1.807, 2.05) is 30.3 Å². The first-order valence-corrected chi connectivity index (χ1v) is 8.37. The first-order valence-electron chi connectivity index (χ1n) is 8.37. The van der Waals surface area contributed by atoms with Crippen LogP contribution in [0.5, 0.6) is 0 Å². The maximum atomic E-state index is 11.9. The summed E-state index contributed by atoms with van der Waals surface area (Å²) in [7, 11) is 0. The summed E-state index contributed by atoms with van der Waals surface area (Å²) in [6.45, 7) is 1.41. The fraction of sp³-hybridized carbons (Fsp3) is 0.263.